The summed E-state index contributed by atoms with van der Waals surface area (Å²) in [6.07, 6.45) is -5.19. The molecule has 0 saturated carbocycles. The van der Waals surface area contributed by atoms with Gasteiger partial charge in [-0.25, -0.2) is 14.2 Å². The topological polar surface area (TPSA) is 134 Å². The number of fused-ring (bicyclic) bond motifs is 2. The van der Waals surface area contributed by atoms with E-state index < -0.39 is 24.1 Å². The molecule has 0 atom stereocenters. The fraction of sp³-hybridized carbons (Fsp3) is 0.185. The van der Waals surface area contributed by atoms with Crippen LogP contribution in [-0.2, 0) is 4.79 Å². The summed E-state index contributed by atoms with van der Waals surface area (Å²) in [5.41, 5.74) is 3.25. The molecule has 12 heteroatoms. The lowest BCUT2D eigenvalue weighted by Crippen LogP contribution is -2.37. The summed E-state index contributed by atoms with van der Waals surface area (Å²) in [5, 5.41) is 29.7. The molecule has 0 saturated heterocycles. The van der Waals surface area contributed by atoms with E-state index in [0.29, 0.717) is 22.5 Å². The molecule has 2 aromatic rings. The van der Waals surface area contributed by atoms with Crippen molar-refractivity contribution in [1.82, 2.24) is 4.58 Å². The van der Waals surface area contributed by atoms with Gasteiger partial charge < -0.3 is 29.4 Å². The van der Waals surface area contributed by atoms with Gasteiger partial charge in [0, 0.05) is 48.4 Å². The summed E-state index contributed by atoms with van der Waals surface area (Å²) in [4.78, 5) is 34.3. The first-order valence-electron chi connectivity index (χ1n) is 11.2. The standard InChI is InChI=1S/C25H22N2O5.C2HF3O2/c1-26(2)15-6-9-18-21(12-15)32-22-13-16(27(3)4)7-10-19(22)23(18)17-8-5-14(24(28)29)11-20(17)25(30)31;3-2(4,5)1(6)7/h5-13H,1-4H3,(H-,28,29,30,31);(H,6,7). The average molecular weight is 544 g/mol. The molecule has 0 spiro atoms. The molecule has 0 amide bonds. The number of carbonyl (C=O) groups excluding carboxylic acids is 1. The van der Waals surface area contributed by atoms with Crippen LogP contribution in [0.25, 0.3) is 33.4 Å². The van der Waals surface area contributed by atoms with Crippen LogP contribution >= 0.6 is 0 Å². The van der Waals surface area contributed by atoms with Crippen LogP contribution in [0.1, 0.15) is 20.7 Å². The van der Waals surface area contributed by atoms with Crippen molar-refractivity contribution in [2.45, 2.75) is 6.18 Å². The number of benzene rings is 3. The van der Waals surface area contributed by atoms with E-state index in [4.69, 9.17) is 14.3 Å². The van der Waals surface area contributed by atoms with Crippen LogP contribution < -0.4 is 19.9 Å². The van der Waals surface area contributed by atoms with Crippen molar-refractivity contribution in [3.8, 4) is 22.5 Å². The number of alkyl halides is 3. The maximum atomic E-state index is 12.1. The number of carbonyl (C=O) groups is 3. The number of hydrogen-bond donors (Lipinski definition) is 2. The minimum Gasteiger partial charge on any atom is -0.542 e. The van der Waals surface area contributed by atoms with Gasteiger partial charge >= 0.3 is 18.1 Å². The fourth-order valence-corrected chi connectivity index (χ4v) is 3.79. The SMILES string of the molecule is CN(C)c1ccc2c(-c3ccc(C(=O)O)cc3C(=O)O)c3ccc(=[N+](C)C)cc-3oc2c1.O=C([O-])C(F)(F)F. The smallest absolute Gasteiger partial charge is 0.430 e. The van der Waals surface area contributed by atoms with Gasteiger partial charge in [-0.2, -0.15) is 13.2 Å². The minimum absolute atomic E-state index is 0.0768. The number of aliphatic carboxylic acids is 1. The van der Waals surface area contributed by atoms with E-state index in [9.17, 15) is 33.0 Å². The summed E-state index contributed by atoms with van der Waals surface area (Å²) in [5.74, 6) is -4.77. The van der Waals surface area contributed by atoms with Gasteiger partial charge in [-0.05, 0) is 35.9 Å². The zero-order chi connectivity index (χ0) is 29.2. The zero-order valence-electron chi connectivity index (χ0n) is 21.2. The quantitative estimate of drug-likeness (QED) is 0.296. The summed E-state index contributed by atoms with van der Waals surface area (Å²) in [6, 6.07) is 15.7. The van der Waals surface area contributed by atoms with Gasteiger partial charge in [-0.1, -0.05) is 6.07 Å². The van der Waals surface area contributed by atoms with E-state index in [0.717, 1.165) is 22.0 Å². The predicted octanol–water partition coefficient (Wildman–Crippen LogP) is 3.00. The summed E-state index contributed by atoms with van der Waals surface area (Å²) in [6.45, 7) is 0. The van der Waals surface area contributed by atoms with Gasteiger partial charge in [0.2, 0.25) is 5.36 Å². The van der Waals surface area contributed by atoms with E-state index in [1.807, 2.05) is 74.1 Å². The monoisotopic (exact) mass is 544 g/mol. The zero-order valence-corrected chi connectivity index (χ0v) is 21.2. The lowest BCUT2D eigenvalue weighted by Gasteiger charge is -2.19. The van der Waals surface area contributed by atoms with Crippen LogP contribution in [0.15, 0.2) is 59.0 Å². The molecule has 1 aliphatic carbocycles. The van der Waals surface area contributed by atoms with Crippen LogP contribution in [0.2, 0.25) is 0 Å². The maximum Gasteiger partial charge on any atom is 0.430 e. The normalized spacial score (nSPS) is 11.1. The maximum absolute atomic E-state index is 12.1. The lowest BCUT2D eigenvalue weighted by molar-refractivity contribution is -0.344. The second-order valence-electron chi connectivity index (χ2n) is 8.78. The van der Waals surface area contributed by atoms with Crippen LogP contribution in [-0.4, -0.2) is 62.5 Å². The Kier molecular flexibility index (Phi) is 7.99. The third-order valence-electron chi connectivity index (χ3n) is 5.72. The summed E-state index contributed by atoms with van der Waals surface area (Å²) in [7, 11) is 7.72. The number of anilines is 1. The Morgan fingerprint density at radius 3 is 2.03 bits per heavy atom. The van der Waals surface area contributed by atoms with Crippen LogP contribution in [0.5, 0.6) is 0 Å². The molecular formula is C27H23F3N2O7. The van der Waals surface area contributed by atoms with Gasteiger partial charge in [0.25, 0.3) is 0 Å². The molecule has 0 bridgehead atoms. The fourth-order valence-electron chi connectivity index (χ4n) is 3.79. The van der Waals surface area contributed by atoms with Gasteiger partial charge in [-0.15, -0.1) is 0 Å². The average Bonchev–Trinajstić information content (AvgIpc) is 2.85. The second kappa shape index (κ2) is 10.9. The van der Waals surface area contributed by atoms with E-state index in [1.165, 1.54) is 12.1 Å². The molecule has 2 N–H and O–H groups in total. The Labute approximate surface area is 219 Å². The highest BCUT2D eigenvalue weighted by molar-refractivity contribution is 6.08. The van der Waals surface area contributed by atoms with Gasteiger partial charge in [0.05, 0.1) is 17.2 Å². The number of carboxylic acid groups (broad SMARTS) is 3. The number of carboxylic acids is 3. The van der Waals surface area contributed by atoms with E-state index >= 15 is 0 Å². The molecule has 0 unspecified atom stereocenters. The first-order valence-corrected chi connectivity index (χ1v) is 11.2. The third-order valence-corrected chi connectivity index (χ3v) is 5.72. The molecule has 0 aromatic heterocycles. The molecule has 1 aliphatic heterocycles. The first kappa shape index (κ1) is 28.7. The molecule has 1 heterocycles. The van der Waals surface area contributed by atoms with Crippen molar-refractivity contribution >= 4 is 34.6 Å². The van der Waals surface area contributed by atoms with Crippen molar-refractivity contribution in [2.75, 3.05) is 33.1 Å². The molecule has 9 nitrogen and oxygen atoms in total. The number of halogens is 3. The Morgan fingerprint density at radius 2 is 1.51 bits per heavy atom. The summed E-state index contributed by atoms with van der Waals surface area (Å²) >= 11 is 0. The van der Waals surface area contributed by atoms with Gasteiger partial charge in [-0.3, -0.25) is 0 Å². The van der Waals surface area contributed by atoms with Gasteiger partial charge in [0.15, 0.2) is 0 Å². The van der Waals surface area contributed by atoms with E-state index in [-0.39, 0.29) is 11.1 Å². The molecule has 2 aliphatic rings. The third kappa shape index (κ3) is 6.17. The van der Waals surface area contributed by atoms with Crippen molar-refractivity contribution in [3.05, 3.63) is 71.1 Å². The van der Waals surface area contributed by atoms with Gasteiger partial charge in [0.1, 0.15) is 31.4 Å². The number of aromatic carboxylic acids is 2. The molecule has 0 fully saturated rings. The number of hydrogen-bond acceptors (Lipinski definition) is 6. The van der Waals surface area contributed by atoms with Crippen LogP contribution in [0, 0.1) is 0 Å². The van der Waals surface area contributed by atoms with Crippen molar-refractivity contribution < 1.29 is 47.3 Å². The van der Waals surface area contributed by atoms with Crippen molar-refractivity contribution in [1.29, 1.82) is 0 Å². The molecule has 39 heavy (non-hydrogen) atoms. The highest BCUT2D eigenvalue weighted by Gasteiger charge is 2.29. The first-order chi connectivity index (χ1) is 18.1. The lowest BCUT2D eigenvalue weighted by atomic mass is 9.89. The highest BCUT2D eigenvalue weighted by Crippen LogP contribution is 2.42. The van der Waals surface area contributed by atoms with Crippen LogP contribution in [0.4, 0.5) is 18.9 Å². The van der Waals surface area contributed by atoms with E-state index in [2.05, 4.69) is 0 Å². The Morgan fingerprint density at radius 1 is 0.897 bits per heavy atom. The predicted molar refractivity (Wildman–Crippen MR) is 135 cm³/mol. The second-order valence-corrected chi connectivity index (χ2v) is 8.78. The Hall–Kier alpha value is -4.87. The molecular weight excluding hydrogens is 521 g/mol. The highest BCUT2D eigenvalue weighted by atomic mass is 19.4. The molecule has 4 rings (SSSR count). The van der Waals surface area contributed by atoms with Crippen LogP contribution in [0.3, 0.4) is 0 Å². The minimum atomic E-state index is -5.19. The van der Waals surface area contributed by atoms with Crippen molar-refractivity contribution in [2.24, 2.45) is 0 Å². The Bertz CT molecular complexity index is 1640. The van der Waals surface area contributed by atoms with Crippen molar-refractivity contribution in [3.63, 3.8) is 0 Å². The largest absolute Gasteiger partial charge is 0.542 e. The van der Waals surface area contributed by atoms with E-state index in [1.54, 1.807) is 6.07 Å². The number of nitrogens with zero attached hydrogens (tertiary/aromatic N) is 2. The summed E-state index contributed by atoms with van der Waals surface area (Å²) < 4.78 is 39.8. The molecule has 204 valence electrons. The molecule has 2 aromatic carbocycles. The Balaban J connectivity index is 0.000000532. The molecule has 0 radical (unpaired) electrons. The number of rotatable bonds is 4.